The van der Waals surface area contributed by atoms with Crippen molar-refractivity contribution in [3.63, 3.8) is 0 Å². The molecule has 0 saturated carbocycles. The fourth-order valence-corrected chi connectivity index (χ4v) is 3.08. The molecule has 0 aliphatic heterocycles. The van der Waals surface area contributed by atoms with Gasteiger partial charge in [-0.2, -0.15) is 16.4 Å². The monoisotopic (exact) mass is 263 g/mol. The number of hydrogen-bond acceptors (Lipinski definition) is 3. The lowest BCUT2D eigenvalue weighted by Crippen LogP contribution is -2.19. The predicted octanol–water partition coefficient (Wildman–Crippen LogP) is 3.43. The summed E-state index contributed by atoms with van der Waals surface area (Å²) >= 11 is 1.74. The van der Waals surface area contributed by atoms with Gasteiger partial charge in [0.15, 0.2) is 0 Å². The molecule has 0 bridgehead atoms. The van der Waals surface area contributed by atoms with Crippen LogP contribution in [-0.4, -0.2) is 9.78 Å². The molecule has 3 nitrogen and oxygen atoms in total. The van der Waals surface area contributed by atoms with Gasteiger partial charge in [0, 0.05) is 30.4 Å². The summed E-state index contributed by atoms with van der Waals surface area (Å²) in [5, 5.41) is 12.5. The summed E-state index contributed by atoms with van der Waals surface area (Å²) in [7, 11) is 0. The first-order valence-corrected chi connectivity index (χ1v) is 7.36. The molecule has 0 saturated heterocycles. The number of aryl methyl sites for hydroxylation is 2. The highest BCUT2D eigenvalue weighted by Gasteiger charge is 2.16. The summed E-state index contributed by atoms with van der Waals surface area (Å²) in [5.41, 5.74) is 5.11. The summed E-state index contributed by atoms with van der Waals surface area (Å²) < 4.78 is 2.08. The third-order valence-electron chi connectivity index (χ3n) is 3.36. The SMILES string of the molecule is CCn1nc(C)c(C(C)NCc2ccsc2)c1C. The zero-order valence-electron chi connectivity index (χ0n) is 11.5. The van der Waals surface area contributed by atoms with Gasteiger partial charge in [0.2, 0.25) is 0 Å². The van der Waals surface area contributed by atoms with E-state index in [1.165, 1.54) is 16.8 Å². The molecule has 0 aliphatic carbocycles. The van der Waals surface area contributed by atoms with Gasteiger partial charge >= 0.3 is 0 Å². The molecule has 98 valence electrons. The predicted molar refractivity (Wildman–Crippen MR) is 76.9 cm³/mol. The van der Waals surface area contributed by atoms with Gasteiger partial charge in [-0.25, -0.2) is 0 Å². The molecule has 0 radical (unpaired) electrons. The number of aromatic nitrogens is 2. The maximum atomic E-state index is 4.57. The Hall–Kier alpha value is -1.13. The molecule has 0 spiro atoms. The Morgan fingerprint density at radius 2 is 2.22 bits per heavy atom. The Balaban J connectivity index is 2.08. The Labute approximate surface area is 113 Å². The van der Waals surface area contributed by atoms with Gasteiger partial charge in [-0.1, -0.05) is 0 Å². The normalized spacial score (nSPS) is 12.9. The molecule has 2 rings (SSSR count). The standard InChI is InChI=1S/C14H21N3S/c1-5-17-12(4)14(11(3)16-17)10(2)15-8-13-6-7-18-9-13/h6-7,9-10,15H,5,8H2,1-4H3. The summed E-state index contributed by atoms with van der Waals surface area (Å²) in [4.78, 5) is 0. The molecule has 0 amide bonds. The highest BCUT2D eigenvalue weighted by Crippen LogP contribution is 2.21. The Morgan fingerprint density at radius 1 is 1.44 bits per heavy atom. The van der Waals surface area contributed by atoms with E-state index in [1.54, 1.807) is 11.3 Å². The Morgan fingerprint density at radius 3 is 2.78 bits per heavy atom. The first-order valence-electron chi connectivity index (χ1n) is 6.41. The lowest BCUT2D eigenvalue weighted by Gasteiger charge is -2.14. The van der Waals surface area contributed by atoms with Crippen molar-refractivity contribution in [1.82, 2.24) is 15.1 Å². The van der Waals surface area contributed by atoms with Crippen LogP contribution in [0.25, 0.3) is 0 Å². The summed E-state index contributed by atoms with van der Waals surface area (Å²) in [6.07, 6.45) is 0. The fraction of sp³-hybridized carbons (Fsp3) is 0.500. The van der Waals surface area contributed by atoms with E-state index in [1.807, 2.05) is 0 Å². The number of rotatable bonds is 5. The van der Waals surface area contributed by atoms with E-state index in [0.717, 1.165) is 18.8 Å². The van der Waals surface area contributed by atoms with Crippen LogP contribution in [0, 0.1) is 13.8 Å². The van der Waals surface area contributed by atoms with Crippen molar-refractivity contribution in [1.29, 1.82) is 0 Å². The highest BCUT2D eigenvalue weighted by molar-refractivity contribution is 7.07. The van der Waals surface area contributed by atoms with Crippen LogP contribution in [0.2, 0.25) is 0 Å². The highest BCUT2D eigenvalue weighted by atomic mass is 32.1. The van der Waals surface area contributed by atoms with E-state index in [2.05, 4.69) is 59.6 Å². The van der Waals surface area contributed by atoms with Crippen molar-refractivity contribution in [2.75, 3.05) is 0 Å². The van der Waals surface area contributed by atoms with Crippen molar-refractivity contribution < 1.29 is 0 Å². The smallest absolute Gasteiger partial charge is 0.0644 e. The van der Waals surface area contributed by atoms with Crippen molar-refractivity contribution in [2.45, 2.75) is 46.8 Å². The van der Waals surface area contributed by atoms with E-state index in [9.17, 15) is 0 Å². The van der Waals surface area contributed by atoms with Crippen molar-refractivity contribution in [2.24, 2.45) is 0 Å². The summed E-state index contributed by atoms with van der Waals surface area (Å²) in [6.45, 7) is 10.4. The molecule has 0 aliphatic rings. The van der Waals surface area contributed by atoms with Crippen molar-refractivity contribution >= 4 is 11.3 Å². The molecule has 2 aromatic heterocycles. The van der Waals surface area contributed by atoms with Crippen LogP contribution in [0.5, 0.6) is 0 Å². The first kappa shape index (κ1) is 13.3. The van der Waals surface area contributed by atoms with E-state index < -0.39 is 0 Å². The second kappa shape index (κ2) is 5.67. The van der Waals surface area contributed by atoms with Gasteiger partial charge in [0.1, 0.15) is 0 Å². The van der Waals surface area contributed by atoms with Gasteiger partial charge in [0.05, 0.1) is 5.69 Å². The minimum absolute atomic E-state index is 0.338. The van der Waals surface area contributed by atoms with Crippen LogP contribution >= 0.6 is 11.3 Å². The van der Waals surface area contributed by atoms with Gasteiger partial charge in [-0.3, -0.25) is 4.68 Å². The lowest BCUT2D eigenvalue weighted by molar-refractivity contribution is 0.567. The fourth-order valence-electron chi connectivity index (χ4n) is 2.41. The third-order valence-corrected chi connectivity index (χ3v) is 4.09. The first-order chi connectivity index (χ1) is 8.63. The molecular weight excluding hydrogens is 242 g/mol. The quantitative estimate of drug-likeness (QED) is 0.895. The molecule has 18 heavy (non-hydrogen) atoms. The van der Waals surface area contributed by atoms with Crippen LogP contribution < -0.4 is 5.32 Å². The maximum Gasteiger partial charge on any atom is 0.0644 e. The minimum Gasteiger partial charge on any atom is -0.306 e. The zero-order chi connectivity index (χ0) is 13.1. The van der Waals surface area contributed by atoms with E-state index in [0.29, 0.717) is 6.04 Å². The van der Waals surface area contributed by atoms with Crippen LogP contribution in [0.15, 0.2) is 16.8 Å². The molecular formula is C14H21N3S. The molecule has 0 fully saturated rings. The summed E-state index contributed by atoms with van der Waals surface area (Å²) in [6, 6.07) is 2.50. The Kier molecular flexibility index (Phi) is 4.19. The zero-order valence-corrected chi connectivity index (χ0v) is 12.3. The molecule has 1 atom stereocenters. The molecule has 0 aromatic carbocycles. The number of thiophene rings is 1. The summed E-state index contributed by atoms with van der Waals surface area (Å²) in [5.74, 6) is 0. The van der Waals surface area contributed by atoms with E-state index in [4.69, 9.17) is 0 Å². The lowest BCUT2D eigenvalue weighted by atomic mass is 10.1. The molecule has 4 heteroatoms. The van der Waals surface area contributed by atoms with Crippen LogP contribution in [0.4, 0.5) is 0 Å². The number of nitrogens with one attached hydrogen (secondary N) is 1. The average Bonchev–Trinajstić information content (AvgIpc) is 2.94. The largest absolute Gasteiger partial charge is 0.306 e. The van der Waals surface area contributed by atoms with E-state index in [-0.39, 0.29) is 0 Å². The topological polar surface area (TPSA) is 29.9 Å². The second-order valence-electron chi connectivity index (χ2n) is 4.63. The van der Waals surface area contributed by atoms with Crippen LogP contribution in [0.1, 0.15) is 42.4 Å². The minimum atomic E-state index is 0.338. The van der Waals surface area contributed by atoms with Gasteiger partial charge in [-0.15, -0.1) is 0 Å². The third kappa shape index (κ3) is 2.65. The average molecular weight is 263 g/mol. The van der Waals surface area contributed by atoms with Gasteiger partial charge in [0.25, 0.3) is 0 Å². The molecule has 2 heterocycles. The van der Waals surface area contributed by atoms with Crippen LogP contribution in [0.3, 0.4) is 0 Å². The molecule has 2 aromatic rings. The number of nitrogens with zero attached hydrogens (tertiary/aromatic N) is 2. The number of hydrogen-bond donors (Lipinski definition) is 1. The van der Waals surface area contributed by atoms with Crippen molar-refractivity contribution in [3.8, 4) is 0 Å². The van der Waals surface area contributed by atoms with Crippen molar-refractivity contribution in [3.05, 3.63) is 39.3 Å². The van der Waals surface area contributed by atoms with Gasteiger partial charge < -0.3 is 5.32 Å². The maximum absolute atomic E-state index is 4.57. The second-order valence-corrected chi connectivity index (χ2v) is 5.41. The molecule has 1 N–H and O–H groups in total. The Bertz CT molecular complexity index is 499. The molecule has 1 unspecified atom stereocenters. The van der Waals surface area contributed by atoms with Crippen LogP contribution in [-0.2, 0) is 13.1 Å². The van der Waals surface area contributed by atoms with Gasteiger partial charge in [-0.05, 0) is 50.1 Å². The van der Waals surface area contributed by atoms with E-state index >= 15 is 0 Å².